The van der Waals surface area contributed by atoms with Crippen LogP contribution in [-0.4, -0.2) is 36.9 Å². The number of amides is 2. The minimum absolute atomic E-state index is 0.164. The zero-order valence-electron chi connectivity index (χ0n) is 20.5. The summed E-state index contributed by atoms with van der Waals surface area (Å²) in [6.45, 7) is 3.84. The van der Waals surface area contributed by atoms with Gasteiger partial charge in [0, 0.05) is 17.7 Å². The Morgan fingerprint density at radius 2 is 1.69 bits per heavy atom. The lowest BCUT2D eigenvalue weighted by Gasteiger charge is -2.22. The molecular formula is C29H28N2O5. The van der Waals surface area contributed by atoms with Gasteiger partial charge in [-0.2, -0.15) is 0 Å². The van der Waals surface area contributed by atoms with Crippen LogP contribution in [0.1, 0.15) is 29.3 Å². The van der Waals surface area contributed by atoms with Gasteiger partial charge in [-0.3, -0.25) is 14.4 Å². The molecule has 4 aromatic rings. The van der Waals surface area contributed by atoms with E-state index in [0.717, 1.165) is 5.56 Å². The average molecular weight is 485 g/mol. The third-order valence-corrected chi connectivity index (χ3v) is 5.91. The molecule has 0 unspecified atom stereocenters. The predicted octanol–water partition coefficient (Wildman–Crippen LogP) is 5.27. The Morgan fingerprint density at radius 1 is 0.972 bits per heavy atom. The SMILES string of the molecule is CCCN(CC(=O)Nc1ccccc1OC)C(=O)c1cccc2c(=O)c(C)c(-c3ccccc3)oc12. The molecule has 184 valence electrons. The molecule has 0 spiro atoms. The van der Waals surface area contributed by atoms with Gasteiger partial charge < -0.3 is 19.4 Å². The maximum atomic E-state index is 13.7. The highest BCUT2D eigenvalue weighted by Crippen LogP contribution is 2.28. The Balaban J connectivity index is 1.70. The quantitative estimate of drug-likeness (QED) is 0.368. The number of para-hydroxylation sites is 3. The molecule has 4 rings (SSSR count). The Bertz CT molecular complexity index is 1460. The molecule has 0 saturated heterocycles. The highest BCUT2D eigenvalue weighted by atomic mass is 16.5. The fourth-order valence-corrected chi connectivity index (χ4v) is 4.15. The van der Waals surface area contributed by atoms with Gasteiger partial charge in [-0.25, -0.2) is 0 Å². The van der Waals surface area contributed by atoms with Gasteiger partial charge in [0.25, 0.3) is 5.91 Å². The van der Waals surface area contributed by atoms with E-state index in [1.165, 1.54) is 12.0 Å². The smallest absolute Gasteiger partial charge is 0.258 e. The lowest BCUT2D eigenvalue weighted by molar-refractivity contribution is -0.116. The van der Waals surface area contributed by atoms with E-state index < -0.39 is 0 Å². The van der Waals surface area contributed by atoms with Gasteiger partial charge in [0.15, 0.2) is 11.0 Å². The fourth-order valence-electron chi connectivity index (χ4n) is 4.15. The van der Waals surface area contributed by atoms with E-state index in [4.69, 9.17) is 9.15 Å². The summed E-state index contributed by atoms with van der Waals surface area (Å²) < 4.78 is 11.5. The van der Waals surface area contributed by atoms with Gasteiger partial charge in [0.2, 0.25) is 5.91 Å². The minimum Gasteiger partial charge on any atom is -0.495 e. The van der Waals surface area contributed by atoms with E-state index in [9.17, 15) is 14.4 Å². The average Bonchev–Trinajstić information content (AvgIpc) is 2.90. The summed E-state index contributed by atoms with van der Waals surface area (Å²) in [4.78, 5) is 41.2. The normalized spacial score (nSPS) is 10.8. The van der Waals surface area contributed by atoms with E-state index in [1.807, 2.05) is 37.3 Å². The molecule has 0 aliphatic carbocycles. The standard InChI is InChI=1S/C29H28N2O5/c1-4-17-31(18-25(32)30-23-15-8-9-16-24(23)35-3)29(34)22-14-10-13-21-26(33)19(2)27(36-28(21)22)20-11-6-5-7-12-20/h5-16H,4,17-18H2,1-3H3,(H,30,32). The van der Waals surface area contributed by atoms with E-state index in [-0.39, 0.29) is 34.9 Å². The number of anilines is 1. The minimum atomic E-state index is -0.386. The monoisotopic (exact) mass is 484 g/mol. The second kappa shape index (κ2) is 10.9. The lowest BCUT2D eigenvalue weighted by atomic mass is 10.0. The van der Waals surface area contributed by atoms with E-state index in [0.29, 0.717) is 41.1 Å². The van der Waals surface area contributed by atoms with Crippen molar-refractivity contribution >= 4 is 28.5 Å². The van der Waals surface area contributed by atoms with Crippen molar-refractivity contribution in [2.45, 2.75) is 20.3 Å². The highest BCUT2D eigenvalue weighted by Gasteiger charge is 2.24. The van der Waals surface area contributed by atoms with E-state index in [2.05, 4.69) is 5.32 Å². The van der Waals surface area contributed by atoms with Crippen LogP contribution in [-0.2, 0) is 4.79 Å². The molecule has 0 aliphatic heterocycles. The molecular weight excluding hydrogens is 456 g/mol. The van der Waals surface area contributed by atoms with Gasteiger partial charge in [-0.05, 0) is 37.6 Å². The third-order valence-electron chi connectivity index (χ3n) is 5.91. The van der Waals surface area contributed by atoms with Crippen molar-refractivity contribution in [1.29, 1.82) is 0 Å². The summed E-state index contributed by atoms with van der Waals surface area (Å²) in [5.74, 6) is 0.204. The molecule has 0 radical (unpaired) electrons. The number of rotatable bonds is 8. The Labute approximate surface area is 209 Å². The van der Waals surface area contributed by atoms with Crippen LogP contribution in [0, 0.1) is 6.92 Å². The van der Waals surface area contributed by atoms with Crippen LogP contribution in [0.5, 0.6) is 5.75 Å². The molecule has 0 aliphatic rings. The largest absolute Gasteiger partial charge is 0.495 e. The number of nitrogens with zero attached hydrogens (tertiary/aromatic N) is 1. The van der Waals surface area contributed by atoms with Crippen LogP contribution in [0.25, 0.3) is 22.3 Å². The Morgan fingerprint density at radius 3 is 2.42 bits per heavy atom. The van der Waals surface area contributed by atoms with Crippen LogP contribution in [0.2, 0.25) is 0 Å². The molecule has 0 saturated carbocycles. The van der Waals surface area contributed by atoms with Crippen molar-refractivity contribution in [2.24, 2.45) is 0 Å². The molecule has 7 heteroatoms. The first kappa shape index (κ1) is 24.7. The molecule has 1 aromatic heterocycles. The summed E-state index contributed by atoms with van der Waals surface area (Å²) in [6.07, 6.45) is 0.650. The summed E-state index contributed by atoms with van der Waals surface area (Å²) in [7, 11) is 1.53. The predicted molar refractivity (Wildman–Crippen MR) is 140 cm³/mol. The number of ether oxygens (including phenoxy) is 1. The Kier molecular flexibility index (Phi) is 7.49. The van der Waals surface area contributed by atoms with Gasteiger partial charge in [0.05, 0.1) is 23.7 Å². The number of hydrogen-bond donors (Lipinski definition) is 1. The molecule has 2 amide bonds. The number of methoxy groups -OCH3 is 1. The van der Waals surface area contributed by atoms with Crippen molar-refractivity contribution in [1.82, 2.24) is 4.90 Å². The van der Waals surface area contributed by atoms with Crippen LogP contribution < -0.4 is 15.5 Å². The van der Waals surface area contributed by atoms with Crippen molar-refractivity contribution in [3.63, 3.8) is 0 Å². The van der Waals surface area contributed by atoms with Gasteiger partial charge in [0.1, 0.15) is 18.1 Å². The third kappa shape index (κ3) is 5.00. The Hall–Kier alpha value is -4.39. The van der Waals surface area contributed by atoms with Crippen molar-refractivity contribution in [3.8, 4) is 17.1 Å². The summed E-state index contributed by atoms with van der Waals surface area (Å²) in [5, 5.41) is 3.14. The number of hydrogen-bond acceptors (Lipinski definition) is 5. The van der Waals surface area contributed by atoms with Crippen LogP contribution in [0.3, 0.4) is 0 Å². The maximum Gasteiger partial charge on any atom is 0.258 e. The summed E-state index contributed by atoms with van der Waals surface area (Å²) >= 11 is 0. The first-order chi connectivity index (χ1) is 17.4. The van der Waals surface area contributed by atoms with Gasteiger partial charge in [-0.1, -0.05) is 55.5 Å². The molecule has 0 bridgehead atoms. The van der Waals surface area contributed by atoms with Crippen LogP contribution >= 0.6 is 0 Å². The molecule has 36 heavy (non-hydrogen) atoms. The molecule has 3 aromatic carbocycles. The maximum absolute atomic E-state index is 13.7. The molecule has 7 nitrogen and oxygen atoms in total. The molecule has 0 atom stereocenters. The van der Waals surface area contributed by atoms with Crippen LogP contribution in [0.4, 0.5) is 5.69 Å². The van der Waals surface area contributed by atoms with Crippen molar-refractivity contribution in [3.05, 3.63) is 94.1 Å². The number of fused-ring (bicyclic) bond motifs is 1. The zero-order chi connectivity index (χ0) is 25.7. The fraction of sp³-hybridized carbons (Fsp3) is 0.207. The van der Waals surface area contributed by atoms with Crippen LogP contribution in [0.15, 0.2) is 82.0 Å². The number of benzene rings is 3. The van der Waals surface area contributed by atoms with E-state index >= 15 is 0 Å². The second-order valence-corrected chi connectivity index (χ2v) is 8.41. The zero-order valence-corrected chi connectivity index (χ0v) is 20.5. The summed E-state index contributed by atoms with van der Waals surface area (Å²) in [5.41, 5.74) is 2.00. The number of carbonyl (C=O) groups excluding carboxylic acids is 2. The molecule has 1 heterocycles. The number of carbonyl (C=O) groups is 2. The topological polar surface area (TPSA) is 88.9 Å². The van der Waals surface area contributed by atoms with Gasteiger partial charge >= 0.3 is 0 Å². The van der Waals surface area contributed by atoms with Gasteiger partial charge in [-0.15, -0.1) is 0 Å². The lowest BCUT2D eigenvalue weighted by Crippen LogP contribution is -2.38. The van der Waals surface area contributed by atoms with Crippen molar-refractivity contribution in [2.75, 3.05) is 25.5 Å². The first-order valence-electron chi connectivity index (χ1n) is 11.8. The van der Waals surface area contributed by atoms with Crippen molar-refractivity contribution < 1.29 is 18.7 Å². The molecule has 1 N–H and O–H groups in total. The second-order valence-electron chi connectivity index (χ2n) is 8.41. The highest BCUT2D eigenvalue weighted by molar-refractivity contribution is 6.06. The summed E-state index contributed by atoms with van der Waals surface area (Å²) in [6, 6.07) is 21.3. The van der Waals surface area contributed by atoms with E-state index in [1.54, 1.807) is 49.4 Å². The number of nitrogens with one attached hydrogen (secondary N) is 1. The molecule has 0 fully saturated rings. The first-order valence-corrected chi connectivity index (χ1v) is 11.8.